The van der Waals surface area contributed by atoms with Crippen LogP contribution >= 0.6 is 0 Å². The number of benzene rings is 2. The van der Waals surface area contributed by atoms with E-state index >= 15 is 0 Å². The van der Waals surface area contributed by atoms with Gasteiger partial charge >= 0.3 is 0 Å². The fourth-order valence-corrected chi connectivity index (χ4v) is 4.25. The van der Waals surface area contributed by atoms with Crippen molar-refractivity contribution < 1.29 is 22.7 Å². The molecular formula is C21H26N2O5S. The molecule has 0 radical (unpaired) electrons. The van der Waals surface area contributed by atoms with Gasteiger partial charge in [-0.2, -0.15) is 0 Å². The quantitative estimate of drug-likeness (QED) is 0.691. The summed E-state index contributed by atoms with van der Waals surface area (Å²) in [5.41, 5.74) is 2.08. The van der Waals surface area contributed by atoms with Crippen LogP contribution in [0.2, 0.25) is 0 Å². The first-order chi connectivity index (χ1) is 13.8. The molecule has 29 heavy (non-hydrogen) atoms. The first kappa shape index (κ1) is 21.1. The molecule has 1 amide bonds. The Kier molecular flexibility index (Phi) is 6.14. The molecule has 0 aliphatic carbocycles. The lowest BCUT2D eigenvalue weighted by Crippen LogP contribution is -2.29. The van der Waals surface area contributed by atoms with Crippen LogP contribution in [0.3, 0.4) is 0 Å². The summed E-state index contributed by atoms with van der Waals surface area (Å²) in [7, 11) is -0.511. The van der Waals surface area contributed by atoms with Gasteiger partial charge in [-0.25, -0.2) is 12.7 Å². The number of sulfonamides is 1. The molecule has 0 fully saturated rings. The number of anilines is 1. The zero-order chi connectivity index (χ0) is 21.2. The number of carbonyl (C=O) groups is 1. The number of rotatable bonds is 7. The Morgan fingerprint density at radius 1 is 1.03 bits per heavy atom. The molecule has 0 saturated carbocycles. The number of hydrogen-bond acceptors (Lipinski definition) is 5. The molecule has 0 atom stereocenters. The number of ether oxygens (including phenoxy) is 2. The second-order valence-electron chi connectivity index (χ2n) is 6.81. The van der Waals surface area contributed by atoms with E-state index in [0.717, 1.165) is 11.3 Å². The highest BCUT2D eigenvalue weighted by atomic mass is 32.2. The Balaban J connectivity index is 1.91. The van der Waals surface area contributed by atoms with Crippen molar-refractivity contribution in [2.45, 2.75) is 25.2 Å². The molecule has 0 unspecified atom stereocenters. The number of amides is 1. The summed E-state index contributed by atoms with van der Waals surface area (Å²) < 4.78 is 37.1. The molecule has 0 bridgehead atoms. The fourth-order valence-electron chi connectivity index (χ4n) is 3.30. The van der Waals surface area contributed by atoms with Crippen molar-refractivity contribution in [3.8, 4) is 11.5 Å². The van der Waals surface area contributed by atoms with Crippen LogP contribution in [0.25, 0.3) is 0 Å². The smallest absolute Gasteiger partial charge is 0.258 e. The summed E-state index contributed by atoms with van der Waals surface area (Å²) in [6.07, 6.45) is 0.604. The zero-order valence-electron chi connectivity index (χ0n) is 17.1. The van der Waals surface area contributed by atoms with Crippen molar-refractivity contribution in [1.82, 2.24) is 4.31 Å². The first-order valence-corrected chi connectivity index (χ1v) is 11.0. The summed E-state index contributed by atoms with van der Waals surface area (Å²) >= 11 is 0. The molecule has 156 valence electrons. The lowest BCUT2D eigenvalue weighted by atomic mass is 10.1. The minimum atomic E-state index is -3.51. The van der Waals surface area contributed by atoms with Crippen molar-refractivity contribution in [2.24, 2.45) is 0 Å². The molecule has 1 aliphatic heterocycles. The van der Waals surface area contributed by atoms with Crippen LogP contribution in [-0.2, 0) is 16.4 Å². The Labute approximate surface area is 171 Å². The van der Waals surface area contributed by atoms with Crippen LogP contribution in [-0.4, -0.2) is 52.5 Å². The first-order valence-electron chi connectivity index (χ1n) is 9.56. The van der Waals surface area contributed by atoms with Crippen molar-refractivity contribution >= 4 is 21.6 Å². The molecule has 3 rings (SSSR count). The minimum absolute atomic E-state index is 0.157. The molecule has 8 heteroatoms. The molecule has 0 spiro atoms. The monoisotopic (exact) mass is 418 g/mol. The summed E-state index contributed by atoms with van der Waals surface area (Å²) in [5, 5.41) is 0. The molecule has 0 aromatic heterocycles. The van der Waals surface area contributed by atoms with Crippen LogP contribution in [0.15, 0.2) is 41.3 Å². The van der Waals surface area contributed by atoms with Gasteiger partial charge in [0.2, 0.25) is 10.0 Å². The minimum Gasteiger partial charge on any atom is -0.490 e. The predicted octanol–water partition coefficient (Wildman–Crippen LogP) is 2.94. The van der Waals surface area contributed by atoms with Crippen molar-refractivity contribution in [1.29, 1.82) is 0 Å². The van der Waals surface area contributed by atoms with E-state index in [1.807, 2.05) is 13.8 Å². The van der Waals surface area contributed by atoms with Gasteiger partial charge in [0.25, 0.3) is 5.91 Å². The molecule has 7 nitrogen and oxygen atoms in total. The number of nitrogens with zero attached hydrogens (tertiary/aromatic N) is 2. The highest BCUT2D eigenvalue weighted by molar-refractivity contribution is 7.89. The topological polar surface area (TPSA) is 76.2 Å². The van der Waals surface area contributed by atoms with Crippen LogP contribution in [0, 0.1) is 0 Å². The fraction of sp³-hybridized carbons (Fsp3) is 0.381. The Bertz CT molecular complexity index is 1020. The number of fused-ring (bicyclic) bond motifs is 1. The lowest BCUT2D eigenvalue weighted by molar-refractivity contribution is 0.0989. The van der Waals surface area contributed by atoms with Gasteiger partial charge in [-0.15, -0.1) is 0 Å². The van der Waals surface area contributed by atoms with Crippen molar-refractivity contribution in [3.05, 3.63) is 47.5 Å². The third-order valence-electron chi connectivity index (χ3n) is 4.76. The van der Waals surface area contributed by atoms with Crippen LogP contribution in [0.1, 0.15) is 29.8 Å². The third-order valence-corrected chi connectivity index (χ3v) is 6.57. The van der Waals surface area contributed by atoms with Crippen molar-refractivity contribution in [2.75, 3.05) is 38.8 Å². The Morgan fingerprint density at radius 2 is 1.72 bits per heavy atom. The molecule has 2 aromatic rings. The van der Waals surface area contributed by atoms with E-state index in [9.17, 15) is 13.2 Å². The van der Waals surface area contributed by atoms with E-state index in [2.05, 4.69) is 0 Å². The van der Waals surface area contributed by atoms with E-state index in [0.29, 0.717) is 43.2 Å². The average molecular weight is 419 g/mol. The van der Waals surface area contributed by atoms with Gasteiger partial charge in [0.05, 0.1) is 18.1 Å². The van der Waals surface area contributed by atoms with Gasteiger partial charge in [-0.3, -0.25) is 4.79 Å². The van der Waals surface area contributed by atoms with Crippen molar-refractivity contribution in [3.63, 3.8) is 0 Å². The summed E-state index contributed by atoms with van der Waals surface area (Å²) in [5.74, 6) is 0.981. The van der Waals surface area contributed by atoms with E-state index < -0.39 is 10.0 Å². The standard InChI is InChI=1S/C21H26N2O5S/c1-5-27-19-10-7-16(14-20(19)28-6-2)21(24)23-12-11-15-13-17(8-9-18(15)23)29(25,26)22(3)4/h7-10,13-14H,5-6,11-12H2,1-4H3. The number of hydrogen-bond donors (Lipinski definition) is 0. The second kappa shape index (κ2) is 8.42. The average Bonchev–Trinajstić information content (AvgIpc) is 3.12. The van der Waals surface area contributed by atoms with Gasteiger partial charge in [0, 0.05) is 31.9 Å². The molecular weight excluding hydrogens is 392 g/mol. The predicted molar refractivity (Wildman–Crippen MR) is 111 cm³/mol. The SMILES string of the molecule is CCOc1ccc(C(=O)N2CCc3cc(S(=O)(=O)N(C)C)ccc32)cc1OCC. The lowest BCUT2D eigenvalue weighted by Gasteiger charge is -2.19. The van der Waals surface area contributed by atoms with E-state index in [-0.39, 0.29) is 10.8 Å². The van der Waals surface area contributed by atoms with E-state index in [4.69, 9.17) is 9.47 Å². The highest BCUT2D eigenvalue weighted by Gasteiger charge is 2.28. The molecule has 0 N–H and O–H groups in total. The number of carbonyl (C=O) groups excluding carboxylic acids is 1. The maximum Gasteiger partial charge on any atom is 0.258 e. The molecule has 0 saturated heterocycles. The van der Waals surface area contributed by atoms with Crippen LogP contribution < -0.4 is 14.4 Å². The van der Waals surface area contributed by atoms with Crippen LogP contribution in [0.5, 0.6) is 11.5 Å². The van der Waals surface area contributed by atoms with Gasteiger partial charge in [0.15, 0.2) is 11.5 Å². The Hall–Kier alpha value is -2.58. The van der Waals surface area contributed by atoms with Crippen LogP contribution in [0.4, 0.5) is 5.69 Å². The molecule has 2 aromatic carbocycles. The maximum atomic E-state index is 13.1. The van der Waals surface area contributed by atoms with E-state index in [1.165, 1.54) is 18.4 Å². The van der Waals surface area contributed by atoms with Gasteiger partial charge in [0.1, 0.15) is 0 Å². The second-order valence-corrected chi connectivity index (χ2v) is 8.96. The maximum absolute atomic E-state index is 13.1. The van der Waals surface area contributed by atoms with Gasteiger partial charge in [-0.1, -0.05) is 0 Å². The third kappa shape index (κ3) is 4.09. The largest absolute Gasteiger partial charge is 0.490 e. The zero-order valence-corrected chi connectivity index (χ0v) is 18.0. The normalized spacial score (nSPS) is 13.5. The van der Waals surface area contributed by atoms with Gasteiger partial charge in [-0.05, 0) is 62.2 Å². The summed E-state index contributed by atoms with van der Waals surface area (Å²) in [4.78, 5) is 15.0. The highest BCUT2D eigenvalue weighted by Crippen LogP contribution is 2.34. The molecule has 1 aliphatic rings. The molecule has 1 heterocycles. The summed E-state index contributed by atoms with van der Waals surface area (Å²) in [6.45, 7) is 5.23. The van der Waals surface area contributed by atoms with Gasteiger partial charge < -0.3 is 14.4 Å². The van der Waals surface area contributed by atoms with E-state index in [1.54, 1.807) is 41.3 Å². The summed E-state index contributed by atoms with van der Waals surface area (Å²) in [6, 6.07) is 10.1. The Morgan fingerprint density at radius 3 is 2.38 bits per heavy atom.